The molecule has 3 aromatic rings. The van der Waals surface area contributed by atoms with Crippen LogP contribution in [0.2, 0.25) is 0 Å². The van der Waals surface area contributed by atoms with Gasteiger partial charge in [-0.3, -0.25) is 4.79 Å². The van der Waals surface area contributed by atoms with E-state index in [0.717, 1.165) is 44.6 Å². The molecule has 0 bridgehead atoms. The SMILES string of the molecule is Cc1ccc2c(c1)CN(C)CCC(c1ccccc1)CCCN(C(=O)c1cc[nH]c1)CCO2. The van der Waals surface area contributed by atoms with Crippen molar-refractivity contribution >= 4 is 5.91 Å². The molecule has 1 unspecified atom stereocenters. The molecule has 0 radical (unpaired) electrons. The van der Waals surface area contributed by atoms with Gasteiger partial charge in [0.2, 0.25) is 0 Å². The fourth-order valence-electron chi connectivity index (χ4n) is 4.67. The first-order valence-electron chi connectivity index (χ1n) is 12.0. The summed E-state index contributed by atoms with van der Waals surface area (Å²) >= 11 is 0. The van der Waals surface area contributed by atoms with Gasteiger partial charge in [-0.25, -0.2) is 0 Å². The summed E-state index contributed by atoms with van der Waals surface area (Å²) in [6.45, 7) is 5.77. The number of ether oxygens (including phenoxy) is 1. The fraction of sp³-hybridized carbons (Fsp3) is 0.393. The highest BCUT2D eigenvalue weighted by Crippen LogP contribution is 2.27. The van der Waals surface area contributed by atoms with Gasteiger partial charge in [0.25, 0.3) is 5.91 Å². The number of nitrogens with zero attached hydrogens (tertiary/aromatic N) is 2. The van der Waals surface area contributed by atoms with Crippen molar-refractivity contribution in [1.82, 2.24) is 14.8 Å². The van der Waals surface area contributed by atoms with E-state index in [1.54, 1.807) is 12.4 Å². The molecule has 1 aromatic heterocycles. The molecule has 0 spiro atoms. The molecular weight excluding hydrogens is 410 g/mol. The van der Waals surface area contributed by atoms with Crippen molar-refractivity contribution in [3.63, 3.8) is 0 Å². The van der Waals surface area contributed by atoms with Crippen molar-refractivity contribution in [1.29, 1.82) is 0 Å². The maximum absolute atomic E-state index is 13.1. The zero-order valence-corrected chi connectivity index (χ0v) is 19.8. The lowest BCUT2D eigenvalue weighted by Crippen LogP contribution is -2.35. The topological polar surface area (TPSA) is 48.6 Å². The standard InChI is InChI=1S/C28H35N3O2/c1-22-10-11-27-26(19-22)21-30(2)16-13-24(23-7-4-3-5-8-23)9-6-15-31(17-18-33-27)28(32)25-12-14-29-20-25/h3-5,7-8,10-12,14,19-20,24,29H,6,9,13,15-18,21H2,1-2H3. The Hall–Kier alpha value is -3.05. The summed E-state index contributed by atoms with van der Waals surface area (Å²) in [6.07, 6.45) is 6.69. The molecular formula is C28H35N3O2. The summed E-state index contributed by atoms with van der Waals surface area (Å²) in [5.41, 5.74) is 4.53. The molecule has 0 saturated heterocycles. The van der Waals surface area contributed by atoms with E-state index in [-0.39, 0.29) is 5.91 Å². The van der Waals surface area contributed by atoms with Crippen molar-refractivity contribution in [2.75, 3.05) is 33.3 Å². The van der Waals surface area contributed by atoms with Crippen LogP contribution in [0, 0.1) is 6.92 Å². The molecule has 33 heavy (non-hydrogen) atoms. The molecule has 2 heterocycles. The predicted molar refractivity (Wildman–Crippen MR) is 133 cm³/mol. The summed E-state index contributed by atoms with van der Waals surface area (Å²) in [7, 11) is 2.19. The normalized spacial score (nSPS) is 18.7. The fourth-order valence-corrected chi connectivity index (χ4v) is 4.67. The first-order chi connectivity index (χ1) is 16.1. The first-order valence-corrected chi connectivity index (χ1v) is 12.0. The number of aromatic nitrogens is 1. The molecule has 0 aliphatic carbocycles. The maximum atomic E-state index is 13.1. The molecule has 1 aliphatic heterocycles. The number of hydrogen-bond acceptors (Lipinski definition) is 3. The molecule has 1 atom stereocenters. The zero-order valence-electron chi connectivity index (χ0n) is 19.8. The van der Waals surface area contributed by atoms with E-state index in [1.807, 2.05) is 11.0 Å². The molecule has 4 rings (SSSR count). The molecule has 0 saturated carbocycles. The highest BCUT2D eigenvalue weighted by atomic mass is 16.5. The smallest absolute Gasteiger partial charge is 0.255 e. The van der Waals surface area contributed by atoms with Gasteiger partial charge < -0.3 is 19.5 Å². The van der Waals surface area contributed by atoms with Crippen molar-refractivity contribution in [3.8, 4) is 5.75 Å². The number of H-pyrrole nitrogens is 1. The van der Waals surface area contributed by atoms with Crippen LogP contribution < -0.4 is 4.74 Å². The minimum atomic E-state index is 0.0621. The van der Waals surface area contributed by atoms with Gasteiger partial charge in [0, 0.05) is 31.0 Å². The number of carbonyl (C=O) groups is 1. The quantitative estimate of drug-likeness (QED) is 0.587. The Morgan fingerprint density at radius 2 is 1.88 bits per heavy atom. The lowest BCUT2D eigenvalue weighted by Gasteiger charge is -2.27. The number of amides is 1. The molecule has 5 heteroatoms. The second kappa shape index (κ2) is 11.2. The van der Waals surface area contributed by atoms with Crippen molar-refractivity contribution in [2.24, 2.45) is 0 Å². The van der Waals surface area contributed by atoms with E-state index in [2.05, 4.69) is 72.4 Å². The highest BCUT2D eigenvalue weighted by Gasteiger charge is 2.19. The van der Waals surface area contributed by atoms with Crippen LogP contribution in [0.5, 0.6) is 5.75 Å². The largest absolute Gasteiger partial charge is 0.491 e. The van der Waals surface area contributed by atoms with Crippen LogP contribution in [0.25, 0.3) is 0 Å². The Bertz CT molecular complexity index is 1020. The Kier molecular flexibility index (Phi) is 7.84. The molecule has 174 valence electrons. The van der Waals surface area contributed by atoms with Crippen LogP contribution >= 0.6 is 0 Å². The van der Waals surface area contributed by atoms with Crippen molar-refractivity contribution in [3.05, 3.63) is 89.2 Å². The van der Waals surface area contributed by atoms with Gasteiger partial charge >= 0.3 is 0 Å². The van der Waals surface area contributed by atoms with Gasteiger partial charge in [-0.15, -0.1) is 0 Å². The molecule has 1 amide bonds. The van der Waals surface area contributed by atoms with Crippen LogP contribution in [0.15, 0.2) is 67.0 Å². The third kappa shape index (κ3) is 6.26. The third-order valence-corrected chi connectivity index (χ3v) is 6.52. The second-order valence-electron chi connectivity index (χ2n) is 9.13. The third-order valence-electron chi connectivity index (χ3n) is 6.52. The van der Waals surface area contributed by atoms with Gasteiger partial charge in [0.15, 0.2) is 0 Å². The second-order valence-corrected chi connectivity index (χ2v) is 9.13. The van der Waals surface area contributed by atoms with E-state index in [9.17, 15) is 4.79 Å². The predicted octanol–water partition coefficient (Wildman–Crippen LogP) is 5.24. The lowest BCUT2D eigenvalue weighted by molar-refractivity contribution is 0.0724. The zero-order chi connectivity index (χ0) is 23.0. The Balaban J connectivity index is 1.57. The average Bonchev–Trinajstić information content (AvgIpc) is 3.36. The molecule has 0 fully saturated rings. The number of hydrogen-bond donors (Lipinski definition) is 1. The molecule has 1 N–H and O–H groups in total. The number of fused-ring (bicyclic) bond motifs is 1. The summed E-state index contributed by atoms with van der Waals surface area (Å²) in [4.78, 5) is 20.5. The van der Waals surface area contributed by atoms with E-state index < -0.39 is 0 Å². The van der Waals surface area contributed by atoms with Gasteiger partial charge in [-0.1, -0.05) is 48.0 Å². The molecule has 5 nitrogen and oxygen atoms in total. The summed E-state index contributed by atoms with van der Waals surface area (Å²) in [6, 6.07) is 19.0. The summed E-state index contributed by atoms with van der Waals surface area (Å²) in [5.74, 6) is 1.46. The number of nitrogens with one attached hydrogen (secondary N) is 1. The van der Waals surface area contributed by atoms with E-state index in [0.29, 0.717) is 24.6 Å². The Morgan fingerprint density at radius 3 is 2.67 bits per heavy atom. The van der Waals surface area contributed by atoms with Crippen LogP contribution in [-0.4, -0.2) is 54.0 Å². The number of rotatable bonds is 2. The van der Waals surface area contributed by atoms with E-state index >= 15 is 0 Å². The minimum absolute atomic E-state index is 0.0621. The summed E-state index contributed by atoms with van der Waals surface area (Å²) in [5, 5.41) is 0. The minimum Gasteiger partial charge on any atom is -0.491 e. The highest BCUT2D eigenvalue weighted by molar-refractivity contribution is 5.94. The lowest BCUT2D eigenvalue weighted by atomic mass is 9.91. The van der Waals surface area contributed by atoms with Gasteiger partial charge in [0.1, 0.15) is 12.4 Å². The van der Waals surface area contributed by atoms with Crippen LogP contribution in [0.1, 0.15) is 52.2 Å². The monoisotopic (exact) mass is 445 g/mol. The van der Waals surface area contributed by atoms with Gasteiger partial charge in [-0.05, 0) is 63.4 Å². The summed E-state index contributed by atoms with van der Waals surface area (Å²) < 4.78 is 6.20. The van der Waals surface area contributed by atoms with E-state index in [1.165, 1.54) is 16.7 Å². The number of benzene rings is 2. The van der Waals surface area contributed by atoms with Gasteiger partial charge in [0.05, 0.1) is 12.1 Å². The van der Waals surface area contributed by atoms with Crippen LogP contribution in [0.3, 0.4) is 0 Å². The average molecular weight is 446 g/mol. The number of carbonyl (C=O) groups excluding carboxylic acids is 1. The molecule has 2 aromatic carbocycles. The maximum Gasteiger partial charge on any atom is 0.255 e. The first kappa shape index (κ1) is 23.1. The number of aryl methyl sites for hydroxylation is 1. The Labute approximate surface area is 197 Å². The Morgan fingerprint density at radius 1 is 1.03 bits per heavy atom. The molecule has 1 aliphatic rings. The number of aromatic amines is 1. The van der Waals surface area contributed by atoms with Crippen LogP contribution in [-0.2, 0) is 6.54 Å². The van der Waals surface area contributed by atoms with E-state index in [4.69, 9.17) is 4.74 Å². The van der Waals surface area contributed by atoms with Gasteiger partial charge in [-0.2, -0.15) is 0 Å². The van der Waals surface area contributed by atoms with Crippen LogP contribution in [0.4, 0.5) is 0 Å². The van der Waals surface area contributed by atoms with Crippen molar-refractivity contribution in [2.45, 2.75) is 38.6 Å². The van der Waals surface area contributed by atoms with Crippen molar-refractivity contribution < 1.29 is 9.53 Å².